The first-order valence-corrected chi connectivity index (χ1v) is 9.42. The van der Waals surface area contributed by atoms with Gasteiger partial charge < -0.3 is 15.0 Å². The molecular weight excluding hydrogens is 346 g/mol. The second-order valence-electron chi connectivity index (χ2n) is 7.61. The van der Waals surface area contributed by atoms with Crippen molar-refractivity contribution < 1.29 is 24.4 Å². The van der Waals surface area contributed by atoms with E-state index in [-0.39, 0.29) is 24.5 Å². The van der Waals surface area contributed by atoms with Gasteiger partial charge in [0.25, 0.3) is 0 Å². The highest BCUT2D eigenvalue weighted by atomic mass is 16.5. The number of ether oxygens (including phenoxy) is 1. The Morgan fingerprint density at radius 3 is 2.33 bits per heavy atom. The highest BCUT2D eigenvalue weighted by Gasteiger charge is 2.70. The topological polar surface area (TPSA) is 83.5 Å². The lowest BCUT2D eigenvalue weighted by molar-refractivity contribution is -0.731. The van der Waals surface area contributed by atoms with Gasteiger partial charge in [-0.25, -0.2) is 4.79 Å². The number of quaternary nitrogens is 1. The van der Waals surface area contributed by atoms with Crippen LogP contribution in [0.5, 0.6) is 0 Å². The molecule has 0 aliphatic carbocycles. The van der Waals surface area contributed by atoms with E-state index in [1.807, 2.05) is 48.6 Å². The largest absolute Gasteiger partial charge is 0.461 e. The van der Waals surface area contributed by atoms with Crippen LogP contribution in [-0.2, 0) is 19.1 Å². The molecule has 0 bridgehead atoms. The van der Waals surface area contributed by atoms with Gasteiger partial charge >= 0.3 is 5.97 Å². The lowest BCUT2D eigenvalue weighted by Gasteiger charge is -2.26. The van der Waals surface area contributed by atoms with Crippen LogP contribution in [0.2, 0.25) is 0 Å². The second-order valence-corrected chi connectivity index (χ2v) is 7.61. The van der Waals surface area contributed by atoms with Crippen LogP contribution >= 0.6 is 0 Å². The first kappa shape index (κ1) is 19.4. The number of imide groups is 1. The fourth-order valence-corrected chi connectivity index (χ4v) is 4.41. The molecule has 0 spiro atoms. The average molecular weight is 374 g/mol. The normalized spacial score (nSPS) is 29.8. The van der Waals surface area contributed by atoms with Crippen LogP contribution in [-0.4, -0.2) is 55.5 Å². The van der Waals surface area contributed by atoms with Crippen LogP contribution in [0.15, 0.2) is 24.3 Å². The number of carbonyl (C=O) groups excluding carboxylic acids is 3. The van der Waals surface area contributed by atoms with Crippen molar-refractivity contribution in [1.82, 2.24) is 4.90 Å². The van der Waals surface area contributed by atoms with E-state index in [2.05, 4.69) is 0 Å². The van der Waals surface area contributed by atoms with Gasteiger partial charge in [0.05, 0.1) is 6.61 Å². The Hall–Kier alpha value is -2.41. The third-order valence-corrected chi connectivity index (χ3v) is 5.83. The summed E-state index contributed by atoms with van der Waals surface area (Å²) in [6.45, 7) is 5.80. The number of anilines is 1. The molecule has 3 rings (SSSR count). The van der Waals surface area contributed by atoms with E-state index >= 15 is 0 Å². The summed E-state index contributed by atoms with van der Waals surface area (Å²) in [6, 6.07) is 7.61. The van der Waals surface area contributed by atoms with Crippen molar-refractivity contribution in [1.29, 1.82) is 0 Å². The molecule has 0 radical (unpaired) electrons. The highest BCUT2D eigenvalue weighted by molar-refractivity contribution is 6.08. The Kier molecular flexibility index (Phi) is 4.99. The van der Waals surface area contributed by atoms with E-state index in [1.54, 1.807) is 20.8 Å². The minimum Gasteiger partial charge on any atom is -0.461 e. The molecule has 2 aliphatic rings. The zero-order chi connectivity index (χ0) is 19.9. The fourth-order valence-electron chi connectivity index (χ4n) is 4.41. The lowest BCUT2D eigenvalue weighted by atomic mass is 9.80. The molecule has 0 saturated carbocycles. The molecule has 1 aromatic rings. The summed E-state index contributed by atoms with van der Waals surface area (Å²) >= 11 is 0. The monoisotopic (exact) mass is 374 g/mol. The van der Waals surface area contributed by atoms with E-state index in [0.29, 0.717) is 6.54 Å². The number of likely N-dealkylation sites (tertiary alicyclic amines) is 1. The third-order valence-electron chi connectivity index (χ3n) is 5.83. The zero-order valence-electron chi connectivity index (χ0n) is 16.6. The van der Waals surface area contributed by atoms with Crippen molar-refractivity contribution in [2.45, 2.75) is 32.4 Å². The quantitative estimate of drug-likeness (QED) is 0.593. The maximum absolute atomic E-state index is 13.0. The van der Waals surface area contributed by atoms with Gasteiger partial charge in [-0.15, -0.1) is 0 Å². The molecule has 146 valence electrons. The number of esters is 1. The molecule has 7 heteroatoms. The third kappa shape index (κ3) is 2.90. The molecule has 0 unspecified atom stereocenters. The van der Waals surface area contributed by atoms with Gasteiger partial charge in [-0.05, 0) is 26.0 Å². The molecule has 2 saturated heterocycles. The van der Waals surface area contributed by atoms with Crippen molar-refractivity contribution in [2.75, 3.05) is 32.1 Å². The number of benzene rings is 1. The van der Waals surface area contributed by atoms with Crippen LogP contribution in [0.1, 0.15) is 32.4 Å². The molecule has 2 fully saturated rings. The Bertz CT molecular complexity index is 761. The van der Waals surface area contributed by atoms with Crippen LogP contribution in [0.25, 0.3) is 0 Å². The maximum Gasteiger partial charge on any atom is 0.368 e. The summed E-state index contributed by atoms with van der Waals surface area (Å²) < 4.78 is 5.27. The number of hydrogen-bond acceptors (Lipinski definition) is 5. The van der Waals surface area contributed by atoms with Crippen molar-refractivity contribution in [3.8, 4) is 0 Å². The number of rotatable bonds is 5. The smallest absolute Gasteiger partial charge is 0.368 e. The van der Waals surface area contributed by atoms with Crippen molar-refractivity contribution in [2.24, 2.45) is 11.8 Å². The minimum absolute atomic E-state index is 0.196. The molecule has 2 amide bonds. The summed E-state index contributed by atoms with van der Waals surface area (Å²) in [5, 5.41) is 1.85. The van der Waals surface area contributed by atoms with Crippen LogP contribution in [0.3, 0.4) is 0 Å². The molecule has 0 aromatic heterocycles. The van der Waals surface area contributed by atoms with Gasteiger partial charge in [0.2, 0.25) is 17.4 Å². The van der Waals surface area contributed by atoms with E-state index in [9.17, 15) is 14.4 Å². The standard InChI is InChI=1S/C20H27N3O4/c1-6-23-17(24)14-15(18(23)25)20(3,19(26)27-7-2)21-16(14)12-8-10-13(11-9-12)22(4)5/h8-11,14-16,21H,6-7H2,1-5H3/p+1/t14-,15-,16+,20+/m0/s1. The molecule has 4 atom stereocenters. The summed E-state index contributed by atoms with van der Waals surface area (Å²) in [5.41, 5.74) is 0.871. The number of amides is 2. The van der Waals surface area contributed by atoms with Crippen LogP contribution in [0.4, 0.5) is 5.69 Å². The predicted molar refractivity (Wildman–Crippen MR) is 99.8 cm³/mol. The Labute approximate surface area is 159 Å². The molecular formula is C20H28N3O4+. The molecule has 1 aromatic carbocycles. The average Bonchev–Trinajstić information content (AvgIpc) is 3.09. The van der Waals surface area contributed by atoms with Crippen molar-refractivity contribution in [3.05, 3.63) is 29.8 Å². The minimum atomic E-state index is -1.11. The van der Waals surface area contributed by atoms with E-state index < -0.39 is 23.3 Å². The number of hydrogen-bond donors (Lipinski definition) is 1. The Balaban J connectivity index is 2.04. The van der Waals surface area contributed by atoms with E-state index in [0.717, 1.165) is 11.3 Å². The SMILES string of the molecule is CCOC(=O)[C@]1(C)[NH2+][C@H](c2ccc(N(C)C)cc2)[C@H]2C(=O)N(CC)C(=O)[C@H]21. The zero-order valence-corrected chi connectivity index (χ0v) is 16.6. The van der Waals surface area contributed by atoms with E-state index in [1.165, 1.54) is 4.90 Å². The highest BCUT2D eigenvalue weighted by Crippen LogP contribution is 2.44. The molecule has 2 aliphatic heterocycles. The first-order chi connectivity index (χ1) is 12.8. The summed E-state index contributed by atoms with van der Waals surface area (Å²) in [5.74, 6) is -2.17. The Morgan fingerprint density at radius 1 is 1.19 bits per heavy atom. The van der Waals surface area contributed by atoms with Gasteiger partial charge in [-0.1, -0.05) is 12.1 Å². The van der Waals surface area contributed by atoms with Crippen LogP contribution in [0, 0.1) is 11.8 Å². The Morgan fingerprint density at radius 2 is 1.81 bits per heavy atom. The summed E-state index contributed by atoms with van der Waals surface area (Å²) in [7, 11) is 3.92. The summed E-state index contributed by atoms with van der Waals surface area (Å²) in [6.07, 6.45) is 0. The number of fused-ring (bicyclic) bond motifs is 1. The van der Waals surface area contributed by atoms with Gasteiger partial charge in [0.15, 0.2) is 0 Å². The van der Waals surface area contributed by atoms with Crippen molar-refractivity contribution in [3.63, 3.8) is 0 Å². The molecule has 27 heavy (non-hydrogen) atoms. The van der Waals surface area contributed by atoms with Gasteiger partial charge in [-0.3, -0.25) is 14.5 Å². The number of nitrogens with two attached hydrogens (primary N) is 1. The lowest BCUT2D eigenvalue weighted by Crippen LogP contribution is -2.97. The first-order valence-electron chi connectivity index (χ1n) is 9.42. The van der Waals surface area contributed by atoms with Gasteiger partial charge in [-0.2, -0.15) is 0 Å². The molecule has 2 heterocycles. The van der Waals surface area contributed by atoms with Crippen molar-refractivity contribution >= 4 is 23.5 Å². The fraction of sp³-hybridized carbons (Fsp3) is 0.550. The van der Waals surface area contributed by atoms with Gasteiger partial charge in [0.1, 0.15) is 17.9 Å². The van der Waals surface area contributed by atoms with Crippen LogP contribution < -0.4 is 10.2 Å². The summed E-state index contributed by atoms with van der Waals surface area (Å²) in [4.78, 5) is 41.9. The number of carbonyl (C=O) groups is 3. The second kappa shape index (κ2) is 6.96. The number of nitrogens with zero attached hydrogens (tertiary/aromatic N) is 2. The van der Waals surface area contributed by atoms with E-state index in [4.69, 9.17) is 4.74 Å². The maximum atomic E-state index is 13.0. The molecule has 7 nitrogen and oxygen atoms in total. The predicted octanol–water partition coefficient (Wildman–Crippen LogP) is 0.314. The molecule has 2 N–H and O–H groups in total. The van der Waals surface area contributed by atoms with Gasteiger partial charge in [0, 0.05) is 38.8 Å².